The molecule has 1 aromatic heterocycles. The summed E-state index contributed by atoms with van der Waals surface area (Å²) in [6.45, 7) is 1.26. The molecule has 0 bridgehead atoms. The highest BCUT2D eigenvalue weighted by Gasteiger charge is 2.25. The lowest BCUT2D eigenvalue weighted by Gasteiger charge is -2.29. The molecule has 2 N–H and O–H groups in total. The minimum atomic E-state index is -0.0344. The van der Waals surface area contributed by atoms with Crippen LogP contribution in [0.1, 0.15) is 25.7 Å². The lowest BCUT2D eigenvalue weighted by Crippen LogP contribution is -2.42. The summed E-state index contributed by atoms with van der Waals surface area (Å²) in [5.74, 6) is 0.548. The molecule has 0 saturated heterocycles. The van der Waals surface area contributed by atoms with Crippen LogP contribution in [0, 0.1) is 0 Å². The van der Waals surface area contributed by atoms with Crippen molar-refractivity contribution in [3.8, 4) is 0 Å². The predicted molar refractivity (Wildman–Crippen MR) is 68.1 cm³/mol. The Bertz CT molecular complexity index is 423. The second-order valence-electron chi connectivity index (χ2n) is 4.59. The average Bonchev–Trinajstić information content (AvgIpc) is 2.84. The van der Waals surface area contributed by atoms with E-state index in [-0.39, 0.29) is 5.56 Å². The van der Waals surface area contributed by atoms with Crippen LogP contribution in [-0.4, -0.2) is 28.7 Å². The fourth-order valence-corrected chi connectivity index (χ4v) is 2.50. The first kappa shape index (κ1) is 12.1. The van der Waals surface area contributed by atoms with E-state index in [1.165, 1.54) is 12.8 Å². The van der Waals surface area contributed by atoms with Crippen LogP contribution >= 0.6 is 0 Å². The summed E-state index contributed by atoms with van der Waals surface area (Å²) in [5.41, 5.74) is 5.61. The fraction of sp³-hybridized carbons (Fsp3) is 0.667. The number of nitrogens with zero attached hydrogens (tertiary/aromatic N) is 3. The van der Waals surface area contributed by atoms with Gasteiger partial charge in [-0.3, -0.25) is 4.79 Å². The monoisotopic (exact) mass is 236 g/mol. The second-order valence-corrected chi connectivity index (χ2v) is 4.59. The van der Waals surface area contributed by atoms with E-state index in [9.17, 15) is 4.79 Å². The van der Waals surface area contributed by atoms with Gasteiger partial charge in [-0.15, -0.1) is 0 Å². The van der Waals surface area contributed by atoms with Crippen LogP contribution in [0.3, 0.4) is 0 Å². The Balaban J connectivity index is 2.31. The average molecular weight is 236 g/mol. The molecule has 17 heavy (non-hydrogen) atoms. The first-order chi connectivity index (χ1) is 8.24. The molecule has 0 amide bonds. The lowest BCUT2D eigenvalue weighted by atomic mass is 10.2. The maximum atomic E-state index is 12.1. The zero-order chi connectivity index (χ0) is 12.3. The molecule has 1 aliphatic rings. The third-order valence-corrected chi connectivity index (χ3v) is 3.41. The van der Waals surface area contributed by atoms with Gasteiger partial charge in [0.2, 0.25) is 0 Å². The van der Waals surface area contributed by atoms with Crippen molar-refractivity contribution < 1.29 is 0 Å². The second kappa shape index (κ2) is 5.31. The van der Waals surface area contributed by atoms with E-state index in [0.29, 0.717) is 24.9 Å². The number of hydrogen-bond acceptors (Lipinski definition) is 4. The number of rotatable bonds is 4. The summed E-state index contributed by atoms with van der Waals surface area (Å²) in [6.07, 6.45) is 8.10. The SMILES string of the molecule is Cn1ccnc(N(CCN)C2CCCC2)c1=O. The van der Waals surface area contributed by atoms with E-state index < -0.39 is 0 Å². The molecule has 5 nitrogen and oxygen atoms in total. The fourth-order valence-electron chi connectivity index (χ4n) is 2.50. The number of aryl methyl sites for hydroxylation is 1. The largest absolute Gasteiger partial charge is 0.348 e. The minimum absolute atomic E-state index is 0.0344. The predicted octanol–water partition coefficient (Wildman–Crippen LogP) is 0.488. The smallest absolute Gasteiger partial charge is 0.293 e. The van der Waals surface area contributed by atoms with E-state index in [1.807, 2.05) is 0 Å². The Morgan fingerprint density at radius 1 is 1.53 bits per heavy atom. The van der Waals surface area contributed by atoms with Gasteiger partial charge in [-0.2, -0.15) is 0 Å². The zero-order valence-corrected chi connectivity index (χ0v) is 10.3. The molecule has 1 fully saturated rings. The topological polar surface area (TPSA) is 64.2 Å². The van der Waals surface area contributed by atoms with E-state index in [0.717, 1.165) is 12.8 Å². The summed E-state index contributed by atoms with van der Waals surface area (Å²) in [4.78, 5) is 18.4. The summed E-state index contributed by atoms with van der Waals surface area (Å²) < 4.78 is 1.57. The van der Waals surface area contributed by atoms with Crippen LogP contribution in [0.4, 0.5) is 5.82 Å². The Morgan fingerprint density at radius 3 is 2.88 bits per heavy atom. The van der Waals surface area contributed by atoms with Crippen molar-refractivity contribution >= 4 is 5.82 Å². The Hall–Kier alpha value is -1.36. The number of aromatic nitrogens is 2. The molecule has 94 valence electrons. The minimum Gasteiger partial charge on any atom is -0.348 e. The Kier molecular flexibility index (Phi) is 3.78. The van der Waals surface area contributed by atoms with Gasteiger partial charge in [0.05, 0.1) is 0 Å². The van der Waals surface area contributed by atoms with E-state index in [2.05, 4.69) is 9.88 Å². The van der Waals surface area contributed by atoms with Crippen LogP contribution in [0.15, 0.2) is 17.2 Å². The Morgan fingerprint density at radius 2 is 2.24 bits per heavy atom. The molecule has 0 unspecified atom stereocenters. The first-order valence-electron chi connectivity index (χ1n) is 6.22. The quantitative estimate of drug-likeness (QED) is 0.826. The maximum absolute atomic E-state index is 12.1. The molecule has 5 heteroatoms. The highest BCUT2D eigenvalue weighted by Crippen LogP contribution is 2.25. The van der Waals surface area contributed by atoms with Crippen LogP contribution in [0.25, 0.3) is 0 Å². The number of hydrogen-bond donors (Lipinski definition) is 1. The van der Waals surface area contributed by atoms with Crippen LogP contribution < -0.4 is 16.2 Å². The van der Waals surface area contributed by atoms with Crippen molar-refractivity contribution in [2.75, 3.05) is 18.0 Å². The third kappa shape index (κ3) is 2.49. The van der Waals surface area contributed by atoms with Gasteiger partial charge in [-0.25, -0.2) is 4.98 Å². The first-order valence-corrected chi connectivity index (χ1v) is 6.22. The van der Waals surface area contributed by atoms with Gasteiger partial charge < -0.3 is 15.2 Å². The number of anilines is 1. The molecule has 1 saturated carbocycles. The molecular weight excluding hydrogens is 216 g/mol. The summed E-state index contributed by atoms with van der Waals surface area (Å²) >= 11 is 0. The van der Waals surface area contributed by atoms with Gasteiger partial charge in [0.1, 0.15) is 0 Å². The molecule has 0 radical (unpaired) electrons. The van der Waals surface area contributed by atoms with Gasteiger partial charge in [-0.1, -0.05) is 12.8 Å². The summed E-state index contributed by atoms with van der Waals surface area (Å²) in [5, 5.41) is 0. The van der Waals surface area contributed by atoms with Gasteiger partial charge in [0.15, 0.2) is 5.82 Å². The van der Waals surface area contributed by atoms with Crippen molar-refractivity contribution in [1.29, 1.82) is 0 Å². The molecule has 0 spiro atoms. The van der Waals surface area contributed by atoms with E-state index >= 15 is 0 Å². The third-order valence-electron chi connectivity index (χ3n) is 3.41. The van der Waals surface area contributed by atoms with Gasteiger partial charge in [-0.05, 0) is 12.8 Å². The van der Waals surface area contributed by atoms with Gasteiger partial charge in [0, 0.05) is 38.6 Å². The van der Waals surface area contributed by atoms with Crippen LogP contribution in [-0.2, 0) is 7.05 Å². The summed E-state index contributed by atoms with van der Waals surface area (Å²) in [7, 11) is 1.75. The van der Waals surface area contributed by atoms with Crippen molar-refractivity contribution in [2.24, 2.45) is 12.8 Å². The molecule has 0 atom stereocenters. The molecule has 1 aromatic rings. The van der Waals surface area contributed by atoms with Gasteiger partial charge >= 0.3 is 0 Å². The molecule has 1 heterocycles. The van der Waals surface area contributed by atoms with E-state index in [1.54, 1.807) is 24.0 Å². The van der Waals surface area contributed by atoms with Gasteiger partial charge in [0.25, 0.3) is 5.56 Å². The van der Waals surface area contributed by atoms with Crippen molar-refractivity contribution in [3.63, 3.8) is 0 Å². The standard InChI is InChI=1S/C12H20N4O/c1-15-9-7-14-11(12(15)17)16(8-6-13)10-4-2-3-5-10/h7,9-10H,2-6,8,13H2,1H3. The molecule has 0 aliphatic heterocycles. The maximum Gasteiger partial charge on any atom is 0.293 e. The highest BCUT2D eigenvalue weighted by molar-refractivity contribution is 5.37. The molecule has 2 rings (SSSR count). The lowest BCUT2D eigenvalue weighted by molar-refractivity contribution is 0.595. The molecule has 0 aromatic carbocycles. The molecule has 1 aliphatic carbocycles. The van der Waals surface area contributed by atoms with Crippen molar-refractivity contribution in [3.05, 3.63) is 22.7 Å². The summed E-state index contributed by atoms with van der Waals surface area (Å²) in [6, 6.07) is 0.432. The highest BCUT2D eigenvalue weighted by atomic mass is 16.1. The van der Waals surface area contributed by atoms with Crippen LogP contribution in [0.2, 0.25) is 0 Å². The van der Waals surface area contributed by atoms with Crippen LogP contribution in [0.5, 0.6) is 0 Å². The zero-order valence-electron chi connectivity index (χ0n) is 10.3. The van der Waals surface area contributed by atoms with Crippen molar-refractivity contribution in [2.45, 2.75) is 31.7 Å². The Labute approximate surface area is 101 Å². The number of nitrogens with two attached hydrogens (primary N) is 1. The van der Waals surface area contributed by atoms with Crippen molar-refractivity contribution in [1.82, 2.24) is 9.55 Å². The van der Waals surface area contributed by atoms with E-state index in [4.69, 9.17) is 5.73 Å². The normalized spacial score (nSPS) is 16.4. The molecular formula is C12H20N4O.